The minimum Gasteiger partial charge on any atom is -0.493 e. The minimum absolute atomic E-state index is 0.152. The maximum absolute atomic E-state index is 13.2. The Balaban J connectivity index is 1.71. The molecule has 4 aromatic rings. The van der Waals surface area contributed by atoms with E-state index in [9.17, 15) is 9.59 Å². The van der Waals surface area contributed by atoms with Crippen LogP contribution in [-0.4, -0.2) is 20.2 Å². The molecule has 33 heavy (non-hydrogen) atoms. The van der Waals surface area contributed by atoms with Crippen molar-refractivity contribution in [2.75, 3.05) is 14.2 Å². The summed E-state index contributed by atoms with van der Waals surface area (Å²) in [5, 5.41) is 0.348. The van der Waals surface area contributed by atoms with Gasteiger partial charge < -0.3 is 18.6 Å². The lowest BCUT2D eigenvalue weighted by atomic mass is 10.1. The highest BCUT2D eigenvalue weighted by molar-refractivity contribution is 5.91. The van der Waals surface area contributed by atoms with E-state index in [0.717, 1.165) is 5.56 Å². The summed E-state index contributed by atoms with van der Waals surface area (Å²) in [6.07, 6.45) is 2.81. The molecule has 0 aliphatic carbocycles. The smallest absolute Gasteiger partial charge is 0.336 e. The predicted octanol–water partition coefficient (Wildman–Crippen LogP) is 5.40. The molecule has 0 saturated heterocycles. The van der Waals surface area contributed by atoms with Gasteiger partial charge >= 0.3 is 5.97 Å². The van der Waals surface area contributed by atoms with E-state index in [4.69, 9.17) is 18.6 Å². The van der Waals surface area contributed by atoms with Crippen molar-refractivity contribution in [3.05, 3.63) is 94.2 Å². The van der Waals surface area contributed by atoms with Crippen LogP contribution in [0.15, 0.2) is 82.0 Å². The molecule has 0 aliphatic heterocycles. The number of fused-ring (bicyclic) bond motifs is 1. The first-order valence-corrected chi connectivity index (χ1v) is 10.2. The third kappa shape index (κ3) is 4.65. The van der Waals surface area contributed by atoms with Gasteiger partial charge in [-0.25, -0.2) is 4.79 Å². The molecule has 0 radical (unpaired) electrons. The molecule has 0 unspecified atom stereocenters. The number of carbonyl (C=O) groups is 1. The fourth-order valence-electron chi connectivity index (χ4n) is 3.42. The number of aryl methyl sites for hydroxylation is 1. The summed E-state index contributed by atoms with van der Waals surface area (Å²) in [6, 6.07) is 19.6. The zero-order chi connectivity index (χ0) is 23.4. The highest BCUT2D eigenvalue weighted by Crippen LogP contribution is 2.31. The number of rotatable bonds is 6. The Morgan fingerprint density at radius 2 is 1.67 bits per heavy atom. The number of carbonyl (C=O) groups excluding carboxylic acids is 1. The van der Waals surface area contributed by atoms with Gasteiger partial charge in [0.15, 0.2) is 17.3 Å². The van der Waals surface area contributed by atoms with E-state index in [1.54, 1.807) is 55.7 Å². The first-order chi connectivity index (χ1) is 16.0. The molecule has 0 bridgehead atoms. The first-order valence-electron chi connectivity index (χ1n) is 10.2. The van der Waals surface area contributed by atoms with Crippen LogP contribution in [-0.2, 0) is 4.79 Å². The summed E-state index contributed by atoms with van der Waals surface area (Å²) in [4.78, 5) is 25.9. The Bertz CT molecular complexity index is 1400. The molecule has 4 rings (SSSR count). The molecule has 0 aliphatic rings. The molecule has 0 amide bonds. The number of methoxy groups -OCH3 is 2. The Morgan fingerprint density at radius 3 is 2.39 bits per heavy atom. The number of ether oxygens (including phenoxy) is 3. The monoisotopic (exact) mass is 442 g/mol. The fraction of sp³-hybridized carbons (Fsp3) is 0.111. The molecule has 0 N–H and O–H groups in total. The standard InChI is InChI=1S/C27H22O6/c1-17-9-12-21-20(15-17)25(29)27(26(32-21)19-7-5-4-6-8-19)33-24(28)14-11-18-10-13-22(30-2)23(16-18)31-3/h4-16H,1-3H3/b14-11+. The van der Waals surface area contributed by atoms with Crippen LogP contribution in [0.1, 0.15) is 11.1 Å². The second kappa shape index (κ2) is 9.44. The van der Waals surface area contributed by atoms with E-state index < -0.39 is 11.4 Å². The zero-order valence-electron chi connectivity index (χ0n) is 18.5. The summed E-state index contributed by atoms with van der Waals surface area (Å²) >= 11 is 0. The van der Waals surface area contributed by atoms with Crippen molar-refractivity contribution in [1.82, 2.24) is 0 Å². The number of hydrogen-bond acceptors (Lipinski definition) is 6. The average Bonchev–Trinajstić information content (AvgIpc) is 2.85. The van der Waals surface area contributed by atoms with Crippen LogP contribution in [0.4, 0.5) is 0 Å². The van der Waals surface area contributed by atoms with Gasteiger partial charge in [0, 0.05) is 11.6 Å². The van der Waals surface area contributed by atoms with E-state index in [1.807, 2.05) is 31.2 Å². The van der Waals surface area contributed by atoms with Crippen molar-refractivity contribution < 1.29 is 23.4 Å². The van der Waals surface area contributed by atoms with Crippen molar-refractivity contribution in [3.63, 3.8) is 0 Å². The maximum atomic E-state index is 13.2. The molecule has 3 aromatic carbocycles. The summed E-state index contributed by atoms with van der Waals surface area (Å²) in [5.41, 5.74) is 2.24. The Kier molecular flexibility index (Phi) is 6.26. The maximum Gasteiger partial charge on any atom is 0.336 e. The summed E-state index contributed by atoms with van der Waals surface area (Å²) in [7, 11) is 3.08. The molecule has 0 fully saturated rings. The van der Waals surface area contributed by atoms with Gasteiger partial charge in [-0.3, -0.25) is 4.79 Å². The number of benzene rings is 3. The van der Waals surface area contributed by atoms with Crippen LogP contribution in [0.2, 0.25) is 0 Å². The third-order valence-corrected chi connectivity index (χ3v) is 5.06. The molecule has 0 atom stereocenters. The molecule has 6 heteroatoms. The van der Waals surface area contributed by atoms with E-state index >= 15 is 0 Å². The van der Waals surface area contributed by atoms with Crippen LogP contribution < -0.4 is 19.6 Å². The highest BCUT2D eigenvalue weighted by Gasteiger charge is 2.20. The van der Waals surface area contributed by atoms with Gasteiger partial charge in [-0.1, -0.05) is 48.0 Å². The van der Waals surface area contributed by atoms with E-state index in [2.05, 4.69) is 0 Å². The normalized spacial score (nSPS) is 11.0. The Morgan fingerprint density at radius 1 is 0.909 bits per heavy atom. The van der Waals surface area contributed by atoms with Crippen LogP contribution in [0.25, 0.3) is 28.4 Å². The minimum atomic E-state index is -0.707. The van der Waals surface area contributed by atoms with Crippen LogP contribution in [0.5, 0.6) is 17.2 Å². The third-order valence-electron chi connectivity index (χ3n) is 5.06. The van der Waals surface area contributed by atoms with Gasteiger partial charge in [-0.15, -0.1) is 0 Å². The predicted molar refractivity (Wildman–Crippen MR) is 127 cm³/mol. The van der Waals surface area contributed by atoms with Crippen molar-refractivity contribution in [3.8, 4) is 28.6 Å². The lowest BCUT2D eigenvalue weighted by Gasteiger charge is -2.10. The number of hydrogen-bond donors (Lipinski definition) is 0. The molecule has 1 aromatic heterocycles. The van der Waals surface area contributed by atoms with Gasteiger partial charge in [-0.05, 0) is 42.8 Å². The lowest BCUT2D eigenvalue weighted by Crippen LogP contribution is -2.14. The molecular formula is C27H22O6. The quantitative estimate of drug-likeness (QED) is 0.294. The summed E-state index contributed by atoms with van der Waals surface area (Å²) in [6.45, 7) is 1.88. The van der Waals surface area contributed by atoms with Gasteiger partial charge in [0.25, 0.3) is 0 Å². The molecule has 0 saturated carbocycles. The summed E-state index contributed by atoms with van der Waals surface area (Å²) in [5.74, 6) is 0.450. The van der Waals surface area contributed by atoms with Crippen LogP contribution >= 0.6 is 0 Å². The topological polar surface area (TPSA) is 75.0 Å². The lowest BCUT2D eigenvalue weighted by molar-refractivity contribution is -0.129. The highest BCUT2D eigenvalue weighted by atomic mass is 16.5. The zero-order valence-corrected chi connectivity index (χ0v) is 18.5. The average molecular weight is 442 g/mol. The van der Waals surface area contributed by atoms with Crippen LogP contribution in [0.3, 0.4) is 0 Å². The van der Waals surface area contributed by atoms with Gasteiger partial charge in [0.1, 0.15) is 5.58 Å². The van der Waals surface area contributed by atoms with Gasteiger partial charge in [0.05, 0.1) is 19.6 Å². The Hall–Kier alpha value is -4.32. The molecule has 0 spiro atoms. The Labute approximate surface area is 190 Å². The molecule has 6 nitrogen and oxygen atoms in total. The van der Waals surface area contributed by atoms with Crippen molar-refractivity contribution in [2.45, 2.75) is 6.92 Å². The molecule has 1 heterocycles. The van der Waals surface area contributed by atoms with E-state index in [1.165, 1.54) is 13.2 Å². The SMILES string of the molecule is COc1ccc(/C=C/C(=O)Oc2c(-c3ccccc3)oc3ccc(C)cc3c2=O)cc1OC. The van der Waals surface area contributed by atoms with Gasteiger partial charge in [0.2, 0.25) is 11.2 Å². The second-order valence-electron chi connectivity index (χ2n) is 7.32. The van der Waals surface area contributed by atoms with Crippen molar-refractivity contribution >= 4 is 23.0 Å². The van der Waals surface area contributed by atoms with Crippen LogP contribution in [0, 0.1) is 6.92 Å². The molecular weight excluding hydrogens is 420 g/mol. The van der Waals surface area contributed by atoms with E-state index in [-0.39, 0.29) is 11.5 Å². The largest absolute Gasteiger partial charge is 0.493 e. The second-order valence-corrected chi connectivity index (χ2v) is 7.32. The van der Waals surface area contributed by atoms with Gasteiger partial charge in [-0.2, -0.15) is 0 Å². The number of esters is 1. The van der Waals surface area contributed by atoms with Crippen molar-refractivity contribution in [1.29, 1.82) is 0 Å². The van der Waals surface area contributed by atoms with Crippen molar-refractivity contribution in [2.24, 2.45) is 0 Å². The fourth-order valence-corrected chi connectivity index (χ4v) is 3.42. The molecule has 166 valence electrons. The van der Waals surface area contributed by atoms with E-state index in [0.29, 0.717) is 33.6 Å². The first kappa shape index (κ1) is 21.9. The summed E-state index contributed by atoms with van der Waals surface area (Å²) < 4.78 is 22.0.